The number of likely N-dealkylation sites (N-methyl/N-ethyl adjacent to an activating group) is 1. The fraction of sp³-hybridized carbons (Fsp3) is 0.412. The molecule has 1 aromatic carbocycles. The van der Waals surface area contributed by atoms with E-state index in [1.54, 1.807) is 0 Å². The monoisotopic (exact) mass is 341 g/mol. The summed E-state index contributed by atoms with van der Waals surface area (Å²) in [4.78, 5) is 11.1. The minimum absolute atomic E-state index is 0.129. The molecule has 0 saturated carbocycles. The van der Waals surface area contributed by atoms with Crippen molar-refractivity contribution in [1.82, 2.24) is 23.6 Å². The molecule has 0 aliphatic carbocycles. The first-order valence-corrected chi connectivity index (χ1v) is 8.72. The van der Waals surface area contributed by atoms with E-state index in [0.717, 1.165) is 53.5 Å². The van der Waals surface area contributed by atoms with Gasteiger partial charge in [0, 0.05) is 30.8 Å². The van der Waals surface area contributed by atoms with E-state index < -0.39 is 0 Å². The molecule has 0 radical (unpaired) electrons. The third-order valence-electron chi connectivity index (χ3n) is 4.28. The Morgan fingerprint density at radius 1 is 1.21 bits per heavy atom. The van der Waals surface area contributed by atoms with E-state index in [4.69, 9.17) is 4.74 Å². The van der Waals surface area contributed by atoms with Crippen molar-refractivity contribution in [3.8, 4) is 5.88 Å². The molecule has 0 fully saturated rings. The number of nitrogens with zero attached hydrogens (tertiary/aromatic N) is 5. The quantitative estimate of drug-likeness (QED) is 0.727. The van der Waals surface area contributed by atoms with Gasteiger partial charge in [0.15, 0.2) is 0 Å². The van der Waals surface area contributed by atoms with E-state index in [0.29, 0.717) is 0 Å². The lowest BCUT2D eigenvalue weighted by Gasteiger charge is -2.20. The van der Waals surface area contributed by atoms with Crippen molar-refractivity contribution in [2.45, 2.75) is 32.9 Å². The molecule has 1 atom stereocenters. The highest BCUT2D eigenvalue weighted by Crippen LogP contribution is 2.29. The second kappa shape index (κ2) is 6.07. The second-order valence-electron chi connectivity index (χ2n) is 6.37. The minimum Gasteiger partial charge on any atom is -0.472 e. The smallest absolute Gasteiger partial charge is 0.220 e. The lowest BCUT2D eigenvalue weighted by Crippen LogP contribution is -2.31. The number of ether oxygens (including phenoxy) is 1. The summed E-state index contributed by atoms with van der Waals surface area (Å²) in [6.45, 7) is 5.63. The van der Waals surface area contributed by atoms with Gasteiger partial charge in [0.25, 0.3) is 0 Å². The van der Waals surface area contributed by atoms with Crippen LogP contribution in [0, 0.1) is 13.8 Å². The van der Waals surface area contributed by atoms with Crippen LogP contribution in [0.25, 0.3) is 11.0 Å². The van der Waals surface area contributed by atoms with Gasteiger partial charge in [-0.1, -0.05) is 6.07 Å². The molecule has 1 unspecified atom stereocenters. The van der Waals surface area contributed by atoms with Crippen LogP contribution in [0.2, 0.25) is 0 Å². The molecule has 1 aliphatic rings. The van der Waals surface area contributed by atoms with Gasteiger partial charge in [-0.15, -0.1) is 0 Å². The van der Waals surface area contributed by atoms with Crippen molar-refractivity contribution in [1.29, 1.82) is 0 Å². The fourth-order valence-electron chi connectivity index (χ4n) is 3.22. The molecule has 0 saturated heterocycles. The predicted octanol–water partition coefficient (Wildman–Crippen LogP) is 2.53. The maximum absolute atomic E-state index is 6.02. The van der Waals surface area contributed by atoms with Gasteiger partial charge in [-0.05, 0) is 38.6 Å². The molecule has 0 bridgehead atoms. The average molecular weight is 341 g/mol. The summed E-state index contributed by atoms with van der Waals surface area (Å²) in [5, 5.41) is 0. The Balaban J connectivity index is 1.41. The van der Waals surface area contributed by atoms with E-state index in [1.165, 1.54) is 17.3 Å². The summed E-state index contributed by atoms with van der Waals surface area (Å²) < 4.78 is 14.6. The normalized spacial score (nSPS) is 16.6. The topological polar surface area (TPSA) is 64.0 Å². The first kappa shape index (κ1) is 15.4. The van der Waals surface area contributed by atoms with Crippen LogP contribution in [0.4, 0.5) is 0 Å². The zero-order valence-corrected chi connectivity index (χ0v) is 14.8. The maximum atomic E-state index is 6.02. The van der Waals surface area contributed by atoms with Gasteiger partial charge in [-0.25, -0.2) is 4.98 Å². The molecule has 3 heterocycles. The van der Waals surface area contributed by atoms with Gasteiger partial charge >= 0.3 is 0 Å². The van der Waals surface area contributed by atoms with E-state index in [2.05, 4.69) is 42.8 Å². The van der Waals surface area contributed by atoms with Gasteiger partial charge in [-0.2, -0.15) is 13.7 Å². The lowest BCUT2D eigenvalue weighted by atomic mass is 10.1. The largest absolute Gasteiger partial charge is 0.472 e. The summed E-state index contributed by atoms with van der Waals surface area (Å²) in [5.41, 5.74) is 5.35. The number of aryl methyl sites for hydroxylation is 2. The van der Waals surface area contributed by atoms with Gasteiger partial charge in [0.05, 0.1) is 11.7 Å². The molecule has 24 heavy (non-hydrogen) atoms. The molecule has 124 valence electrons. The van der Waals surface area contributed by atoms with Crippen LogP contribution in [-0.2, 0) is 13.0 Å². The molecule has 1 aliphatic heterocycles. The zero-order valence-electron chi connectivity index (χ0n) is 14.0. The SMILES string of the molecule is Cc1nc(C)c2c(n1)OC(CN(C)Cc1ccc3nsnc3c1)C2. The van der Waals surface area contributed by atoms with Crippen molar-refractivity contribution in [2.75, 3.05) is 13.6 Å². The molecule has 6 nitrogen and oxygen atoms in total. The van der Waals surface area contributed by atoms with Crippen molar-refractivity contribution < 1.29 is 4.74 Å². The molecule has 7 heteroatoms. The van der Waals surface area contributed by atoms with Crippen molar-refractivity contribution >= 4 is 22.8 Å². The van der Waals surface area contributed by atoms with Gasteiger partial charge in [-0.3, -0.25) is 4.90 Å². The van der Waals surface area contributed by atoms with E-state index in [-0.39, 0.29) is 6.10 Å². The molecule has 0 amide bonds. The average Bonchev–Trinajstić information content (AvgIpc) is 3.12. The first-order chi connectivity index (χ1) is 11.6. The van der Waals surface area contributed by atoms with Crippen LogP contribution in [0.15, 0.2) is 18.2 Å². The Labute approximate surface area is 144 Å². The van der Waals surface area contributed by atoms with Crippen molar-refractivity contribution in [3.05, 3.63) is 40.8 Å². The Kier molecular flexibility index (Phi) is 3.90. The van der Waals surface area contributed by atoms with Crippen molar-refractivity contribution in [2.24, 2.45) is 0 Å². The van der Waals surface area contributed by atoms with Crippen molar-refractivity contribution in [3.63, 3.8) is 0 Å². The zero-order chi connectivity index (χ0) is 16.7. The van der Waals surface area contributed by atoms with Gasteiger partial charge < -0.3 is 4.74 Å². The van der Waals surface area contributed by atoms with Gasteiger partial charge in [0.1, 0.15) is 23.0 Å². The summed E-state index contributed by atoms with van der Waals surface area (Å²) in [7, 11) is 2.11. The Hall–Kier alpha value is -2.12. The van der Waals surface area contributed by atoms with Crippen LogP contribution in [0.5, 0.6) is 5.88 Å². The number of rotatable bonds is 4. The second-order valence-corrected chi connectivity index (χ2v) is 6.90. The van der Waals surface area contributed by atoms with E-state index >= 15 is 0 Å². The van der Waals surface area contributed by atoms with E-state index in [1.807, 2.05) is 19.9 Å². The summed E-state index contributed by atoms with van der Waals surface area (Å²) in [6.07, 6.45) is 1.00. The highest BCUT2D eigenvalue weighted by Gasteiger charge is 2.27. The summed E-state index contributed by atoms with van der Waals surface area (Å²) in [5.74, 6) is 1.53. The Bertz CT molecular complexity index is 894. The number of hydrogen-bond donors (Lipinski definition) is 0. The summed E-state index contributed by atoms with van der Waals surface area (Å²) in [6, 6.07) is 6.26. The molecule has 4 rings (SSSR count). The molecule has 0 N–H and O–H groups in total. The molecule has 3 aromatic rings. The highest BCUT2D eigenvalue weighted by molar-refractivity contribution is 7.00. The third-order valence-corrected chi connectivity index (χ3v) is 4.84. The third kappa shape index (κ3) is 2.97. The number of fused-ring (bicyclic) bond motifs is 2. The highest BCUT2D eigenvalue weighted by atomic mass is 32.1. The number of aromatic nitrogens is 4. The maximum Gasteiger partial charge on any atom is 0.220 e. The molecular formula is C17H19N5OS. The minimum atomic E-state index is 0.129. The number of hydrogen-bond acceptors (Lipinski definition) is 7. The molecular weight excluding hydrogens is 322 g/mol. The fourth-order valence-corrected chi connectivity index (χ4v) is 3.73. The Morgan fingerprint density at radius 2 is 2.04 bits per heavy atom. The Morgan fingerprint density at radius 3 is 2.92 bits per heavy atom. The summed E-state index contributed by atoms with van der Waals surface area (Å²) >= 11 is 1.26. The van der Waals surface area contributed by atoms with Crippen LogP contribution < -0.4 is 4.74 Å². The standard InChI is InChI=1S/C17H19N5OS/c1-10-14-7-13(23-17(14)19-11(2)18-10)9-22(3)8-12-4-5-15-16(6-12)21-24-20-15/h4-6,13H,7-9H2,1-3H3. The van der Waals surface area contributed by atoms with Crippen LogP contribution in [-0.4, -0.2) is 43.3 Å². The van der Waals surface area contributed by atoms with Crippen LogP contribution in [0.1, 0.15) is 22.6 Å². The first-order valence-electron chi connectivity index (χ1n) is 7.99. The number of benzene rings is 1. The van der Waals surface area contributed by atoms with Crippen LogP contribution in [0.3, 0.4) is 0 Å². The van der Waals surface area contributed by atoms with Gasteiger partial charge in [0.2, 0.25) is 5.88 Å². The van der Waals surface area contributed by atoms with Crippen LogP contribution >= 0.6 is 11.7 Å². The molecule has 2 aromatic heterocycles. The predicted molar refractivity (Wildman–Crippen MR) is 93.4 cm³/mol. The lowest BCUT2D eigenvalue weighted by molar-refractivity contribution is 0.160. The van der Waals surface area contributed by atoms with E-state index in [9.17, 15) is 0 Å². The molecule has 0 spiro atoms.